The van der Waals surface area contributed by atoms with Gasteiger partial charge in [-0.05, 0) is 31.0 Å². The van der Waals surface area contributed by atoms with E-state index in [0.29, 0.717) is 11.3 Å². The van der Waals surface area contributed by atoms with E-state index in [1.807, 2.05) is 30.3 Å². The van der Waals surface area contributed by atoms with E-state index in [0.717, 1.165) is 16.7 Å². The molecule has 0 spiro atoms. The number of anilines is 2. The topological polar surface area (TPSA) is 147 Å². The summed E-state index contributed by atoms with van der Waals surface area (Å²) in [6.07, 6.45) is 1.50. The van der Waals surface area contributed by atoms with E-state index in [9.17, 15) is 22.8 Å². The van der Waals surface area contributed by atoms with Crippen LogP contribution < -0.4 is 26.6 Å². The predicted molar refractivity (Wildman–Crippen MR) is 129 cm³/mol. The number of thiophene rings is 1. The van der Waals surface area contributed by atoms with Crippen molar-refractivity contribution in [3.05, 3.63) is 78.6 Å². The van der Waals surface area contributed by atoms with Crippen molar-refractivity contribution in [1.29, 1.82) is 0 Å². The number of benzene rings is 1. The number of aromatic amines is 1. The van der Waals surface area contributed by atoms with E-state index in [1.165, 1.54) is 20.8 Å². The molecular formula is C21H25N5O5S2. The Labute approximate surface area is 194 Å². The summed E-state index contributed by atoms with van der Waals surface area (Å²) >= 11 is 1.20. The number of nitrogens with zero attached hydrogens (tertiary/aromatic N) is 2. The number of nitrogen functional groups attached to an aromatic ring is 1. The molecule has 176 valence electrons. The molecule has 0 radical (unpaired) electrons. The van der Waals surface area contributed by atoms with Crippen LogP contribution in [0.4, 0.5) is 11.5 Å². The Morgan fingerprint density at radius 1 is 1.18 bits per heavy atom. The molecule has 33 heavy (non-hydrogen) atoms. The molecule has 0 fully saturated rings. The van der Waals surface area contributed by atoms with Gasteiger partial charge in [0.15, 0.2) is 5.69 Å². The number of nitrogens with two attached hydrogens (primary N) is 1. The molecule has 0 unspecified atom stereocenters. The second-order valence-electron chi connectivity index (χ2n) is 7.30. The maximum absolute atomic E-state index is 13.2. The van der Waals surface area contributed by atoms with Gasteiger partial charge in [0.1, 0.15) is 5.82 Å². The molecule has 3 aromatic rings. The molecule has 4 N–H and O–H groups in total. The minimum absolute atomic E-state index is 0.0910. The third kappa shape index (κ3) is 5.97. The number of amides is 1. The van der Waals surface area contributed by atoms with Gasteiger partial charge in [0.05, 0.1) is 17.7 Å². The average molecular weight is 492 g/mol. The Hall–Kier alpha value is -3.22. The molecule has 1 amide bonds. The van der Waals surface area contributed by atoms with Gasteiger partial charge in [-0.2, -0.15) is 0 Å². The molecule has 3 rings (SSSR count). The Balaban J connectivity index is 1.90. The molecule has 1 aromatic carbocycles. The number of aromatic nitrogens is 2. The summed E-state index contributed by atoms with van der Waals surface area (Å²) in [5.74, 6) is -0.538. The van der Waals surface area contributed by atoms with E-state index < -0.39 is 27.2 Å². The molecule has 0 aliphatic heterocycles. The van der Waals surface area contributed by atoms with Gasteiger partial charge in [0, 0.05) is 18.0 Å². The largest absolute Gasteiger partial charge is 0.383 e. The van der Waals surface area contributed by atoms with Crippen molar-refractivity contribution in [3.8, 4) is 0 Å². The number of carbonyl (C=O) groups is 1. The van der Waals surface area contributed by atoms with Crippen LogP contribution in [-0.4, -0.2) is 43.2 Å². The van der Waals surface area contributed by atoms with Gasteiger partial charge in [-0.25, -0.2) is 17.9 Å². The quantitative estimate of drug-likeness (QED) is 0.407. The number of hydrogen-bond acceptors (Lipinski definition) is 7. The SMILES string of the molecule is CCN(C(=O)c1ccc(CCNS(C)(=O)=O)s1)c1c(N)n(Cc2ccccc2)c(=O)[nH]c1=O. The highest BCUT2D eigenvalue weighted by Crippen LogP contribution is 2.24. The van der Waals surface area contributed by atoms with Crippen LogP contribution in [0.5, 0.6) is 0 Å². The summed E-state index contributed by atoms with van der Waals surface area (Å²) in [4.78, 5) is 42.9. The van der Waals surface area contributed by atoms with Crippen LogP contribution in [0.25, 0.3) is 0 Å². The van der Waals surface area contributed by atoms with Gasteiger partial charge < -0.3 is 10.6 Å². The Morgan fingerprint density at radius 2 is 1.88 bits per heavy atom. The number of sulfonamides is 1. The zero-order valence-electron chi connectivity index (χ0n) is 18.2. The third-order valence-electron chi connectivity index (χ3n) is 4.84. The monoisotopic (exact) mass is 491 g/mol. The predicted octanol–water partition coefficient (Wildman–Crippen LogP) is 0.987. The van der Waals surface area contributed by atoms with Gasteiger partial charge in [-0.3, -0.25) is 19.1 Å². The molecule has 2 aromatic heterocycles. The lowest BCUT2D eigenvalue weighted by atomic mass is 10.2. The maximum Gasteiger partial charge on any atom is 0.330 e. The van der Waals surface area contributed by atoms with Crippen LogP contribution in [0.3, 0.4) is 0 Å². The summed E-state index contributed by atoms with van der Waals surface area (Å²) in [6, 6.07) is 12.5. The fraction of sp³-hybridized carbons (Fsp3) is 0.286. The van der Waals surface area contributed by atoms with E-state index in [2.05, 4.69) is 9.71 Å². The first kappa shape index (κ1) is 24.4. The molecule has 10 nitrogen and oxygen atoms in total. The molecule has 0 saturated carbocycles. The average Bonchev–Trinajstić information content (AvgIpc) is 3.22. The fourth-order valence-corrected chi connectivity index (χ4v) is 4.71. The van der Waals surface area contributed by atoms with Crippen molar-refractivity contribution in [2.75, 3.05) is 30.0 Å². The van der Waals surface area contributed by atoms with E-state index in [1.54, 1.807) is 19.1 Å². The Bertz CT molecular complexity index is 1360. The lowest BCUT2D eigenvalue weighted by molar-refractivity contribution is 0.0992. The lowest BCUT2D eigenvalue weighted by Gasteiger charge is -2.22. The van der Waals surface area contributed by atoms with Crippen molar-refractivity contribution in [3.63, 3.8) is 0 Å². The minimum Gasteiger partial charge on any atom is -0.383 e. The van der Waals surface area contributed by atoms with Gasteiger partial charge in [0.25, 0.3) is 11.5 Å². The van der Waals surface area contributed by atoms with Crippen LogP contribution in [0.15, 0.2) is 52.1 Å². The standard InChI is InChI=1S/C21H25N5O5S2/c1-3-25(20(28)16-10-9-15(32-16)11-12-23-33(2,30)31)17-18(22)26(21(29)24-19(17)27)13-14-7-5-4-6-8-14/h4-10,23H,3,11-13,22H2,1-2H3,(H,24,27,29). The molecule has 12 heteroatoms. The van der Waals surface area contributed by atoms with Crippen molar-refractivity contribution < 1.29 is 13.2 Å². The maximum atomic E-state index is 13.2. The Morgan fingerprint density at radius 3 is 2.52 bits per heavy atom. The Kier molecular flexibility index (Phi) is 7.51. The first-order valence-corrected chi connectivity index (χ1v) is 12.8. The molecule has 0 atom stereocenters. The lowest BCUT2D eigenvalue weighted by Crippen LogP contribution is -2.41. The molecule has 0 bridgehead atoms. The number of carbonyl (C=O) groups excluding carboxylic acids is 1. The van der Waals surface area contributed by atoms with Gasteiger partial charge in [-0.15, -0.1) is 11.3 Å². The molecular weight excluding hydrogens is 466 g/mol. The van der Waals surface area contributed by atoms with Crippen LogP contribution in [-0.2, 0) is 23.0 Å². The fourth-order valence-electron chi connectivity index (χ4n) is 3.28. The third-order valence-corrected chi connectivity index (χ3v) is 6.70. The van der Waals surface area contributed by atoms with E-state index in [4.69, 9.17) is 5.73 Å². The highest BCUT2D eigenvalue weighted by Gasteiger charge is 2.25. The normalized spacial score (nSPS) is 11.5. The van der Waals surface area contributed by atoms with Crippen LogP contribution in [0.1, 0.15) is 27.0 Å². The number of H-pyrrole nitrogens is 1. The van der Waals surface area contributed by atoms with Crippen LogP contribution in [0.2, 0.25) is 0 Å². The van der Waals surface area contributed by atoms with Crippen molar-refractivity contribution in [1.82, 2.24) is 14.3 Å². The van der Waals surface area contributed by atoms with Crippen molar-refractivity contribution in [2.45, 2.75) is 19.9 Å². The summed E-state index contributed by atoms with van der Waals surface area (Å²) in [6.45, 7) is 2.20. The number of rotatable bonds is 9. The first-order valence-electron chi connectivity index (χ1n) is 10.1. The minimum atomic E-state index is -3.30. The number of nitrogens with one attached hydrogen (secondary N) is 2. The second kappa shape index (κ2) is 10.1. The van der Waals surface area contributed by atoms with Crippen LogP contribution in [0, 0.1) is 0 Å². The van der Waals surface area contributed by atoms with Gasteiger partial charge >= 0.3 is 5.69 Å². The highest BCUT2D eigenvalue weighted by molar-refractivity contribution is 7.88. The summed E-state index contributed by atoms with van der Waals surface area (Å²) in [7, 11) is -3.30. The zero-order chi connectivity index (χ0) is 24.2. The summed E-state index contributed by atoms with van der Waals surface area (Å²) < 4.78 is 26.1. The highest BCUT2D eigenvalue weighted by atomic mass is 32.2. The van der Waals surface area contributed by atoms with E-state index in [-0.39, 0.29) is 31.1 Å². The van der Waals surface area contributed by atoms with Crippen molar-refractivity contribution >= 4 is 38.8 Å². The zero-order valence-corrected chi connectivity index (χ0v) is 19.8. The molecule has 0 aliphatic carbocycles. The van der Waals surface area contributed by atoms with E-state index >= 15 is 0 Å². The van der Waals surface area contributed by atoms with Crippen molar-refractivity contribution in [2.24, 2.45) is 0 Å². The molecule has 2 heterocycles. The molecule has 0 aliphatic rings. The smallest absolute Gasteiger partial charge is 0.330 e. The van der Waals surface area contributed by atoms with Crippen LogP contribution >= 0.6 is 11.3 Å². The van der Waals surface area contributed by atoms with Gasteiger partial charge in [0.2, 0.25) is 10.0 Å². The second-order valence-corrected chi connectivity index (χ2v) is 10.3. The molecule has 0 saturated heterocycles. The summed E-state index contributed by atoms with van der Waals surface area (Å²) in [5, 5.41) is 0. The first-order chi connectivity index (χ1) is 15.6. The summed E-state index contributed by atoms with van der Waals surface area (Å²) in [5.41, 5.74) is 5.54. The van der Waals surface area contributed by atoms with Gasteiger partial charge in [-0.1, -0.05) is 30.3 Å². The number of hydrogen-bond donors (Lipinski definition) is 3.